The summed E-state index contributed by atoms with van der Waals surface area (Å²) in [6.45, 7) is 7.26. The number of rotatable bonds is 2. The van der Waals surface area contributed by atoms with E-state index >= 15 is 0 Å². The zero-order chi connectivity index (χ0) is 13.5. The summed E-state index contributed by atoms with van der Waals surface area (Å²) in [5.74, 6) is -0.937. The molecule has 0 saturated carbocycles. The molecule has 0 amide bonds. The molecule has 0 aromatic heterocycles. The topological polar surface area (TPSA) is 63.6 Å². The summed E-state index contributed by atoms with van der Waals surface area (Å²) in [6, 6.07) is 0. The van der Waals surface area contributed by atoms with Crippen LogP contribution in [-0.4, -0.2) is 23.7 Å². The smallest absolute Gasteiger partial charge is 0.308 e. The Balaban J connectivity index is 0. The molecule has 0 spiro atoms. The minimum atomic E-state index is -0.757. The first-order valence-corrected chi connectivity index (χ1v) is 5.73. The van der Waals surface area contributed by atoms with Crippen LogP contribution in [0.1, 0.15) is 40.5 Å². The van der Waals surface area contributed by atoms with Crippen LogP contribution in [0.2, 0.25) is 0 Å². The second-order valence-corrected chi connectivity index (χ2v) is 4.72. The summed E-state index contributed by atoms with van der Waals surface area (Å²) < 4.78 is 4.79. The zero-order valence-corrected chi connectivity index (χ0v) is 14.6. The van der Waals surface area contributed by atoms with Crippen molar-refractivity contribution in [3.05, 3.63) is 18.1 Å². The predicted molar refractivity (Wildman–Crippen MR) is 65.3 cm³/mol. The van der Waals surface area contributed by atoms with Crippen molar-refractivity contribution in [2.24, 2.45) is 5.41 Å². The van der Waals surface area contributed by atoms with Gasteiger partial charge in [-0.25, -0.2) is 0 Å². The maximum atomic E-state index is 10.9. The molecule has 1 N–H and O–H groups in total. The quantitative estimate of drug-likeness (QED) is 0.484. The fourth-order valence-electron chi connectivity index (χ4n) is 0.942. The van der Waals surface area contributed by atoms with Crippen molar-refractivity contribution in [1.29, 1.82) is 0 Å². The number of carboxylic acids is 1. The van der Waals surface area contributed by atoms with Gasteiger partial charge in [0.25, 0.3) is 0 Å². The summed E-state index contributed by atoms with van der Waals surface area (Å²) in [5, 5.41) is 8.25. The summed E-state index contributed by atoms with van der Waals surface area (Å²) in [7, 11) is 0. The molecule has 1 aliphatic carbocycles. The summed E-state index contributed by atoms with van der Waals surface area (Å²) >= 11 is 0. The SMILES string of the molecule is CC(C)(C)C(=O)O.CCOC(=O)C1=CCC[CH-]1.[Zn]. The maximum absolute atomic E-state index is 10.9. The van der Waals surface area contributed by atoms with Gasteiger partial charge < -0.3 is 14.6 Å². The molecule has 100 valence electrons. The van der Waals surface area contributed by atoms with Crippen molar-refractivity contribution in [3.63, 3.8) is 0 Å². The van der Waals surface area contributed by atoms with E-state index in [0.29, 0.717) is 6.61 Å². The molecule has 0 atom stereocenters. The second-order valence-electron chi connectivity index (χ2n) is 4.72. The van der Waals surface area contributed by atoms with Crippen molar-refractivity contribution in [2.45, 2.75) is 40.5 Å². The number of hydrogen-bond donors (Lipinski definition) is 1. The van der Waals surface area contributed by atoms with Crippen LogP contribution in [0.25, 0.3) is 0 Å². The number of hydrogen-bond acceptors (Lipinski definition) is 3. The number of ether oxygens (including phenoxy) is 1. The van der Waals surface area contributed by atoms with Crippen LogP contribution in [-0.2, 0) is 33.8 Å². The van der Waals surface area contributed by atoms with Crippen LogP contribution in [0.4, 0.5) is 0 Å². The third-order valence-corrected chi connectivity index (χ3v) is 2.05. The molecule has 0 radical (unpaired) electrons. The molecule has 0 unspecified atom stereocenters. The van der Waals surface area contributed by atoms with Crippen molar-refractivity contribution in [1.82, 2.24) is 0 Å². The van der Waals surface area contributed by atoms with Crippen LogP contribution >= 0.6 is 0 Å². The van der Waals surface area contributed by atoms with Gasteiger partial charge in [0.2, 0.25) is 5.97 Å². The van der Waals surface area contributed by atoms with E-state index in [1.54, 1.807) is 20.8 Å². The van der Waals surface area contributed by atoms with Gasteiger partial charge in [-0.05, 0) is 27.7 Å². The Bertz CT molecular complexity index is 303. The van der Waals surface area contributed by atoms with Crippen molar-refractivity contribution in [3.8, 4) is 0 Å². The van der Waals surface area contributed by atoms with Crippen LogP contribution in [0, 0.1) is 11.8 Å². The number of carboxylic acid groups (broad SMARTS) is 1. The Morgan fingerprint density at radius 1 is 1.44 bits per heavy atom. The number of aliphatic carboxylic acids is 1. The van der Waals surface area contributed by atoms with Crippen LogP contribution in [0.3, 0.4) is 0 Å². The third kappa shape index (κ3) is 8.29. The van der Waals surface area contributed by atoms with Gasteiger partial charge in [-0.2, -0.15) is 12.5 Å². The van der Waals surface area contributed by atoms with E-state index in [2.05, 4.69) is 0 Å². The maximum Gasteiger partial charge on any atom is 0.308 e. The first-order valence-electron chi connectivity index (χ1n) is 5.73. The van der Waals surface area contributed by atoms with E-state index in [9.17, 15) is 9.59 Å². The number of carbonyl (C=O) groups excluding carboxylic acids is 1. The zero-order valence-electron chi connectivity index (χ0n) is 11.7. The van der Waals surface area contributed by atoms with Crippen LogP contribution in [0.15, 0.2) is 11.6 Å². The van der Waals surface area contributed by atoms with Gasteiger partial charge in [0.1, 0.15) is 0 Å². The second kappa shape index (κ2) is 9.15. The molecule has 0 bridgehead atoms. The van der Waals surface area contributed by atoms with Crippen molar-refractivity contribution < 1.29 is 38.9 Å². The van der Waals surface area contributed by atoms with Crippen molar-refractivity contribution in [2.75, 3.05) is 6.61 Å². The summed E-state index contributed by atoms with van der Waals surface area (Å²) in [4.78, 5) is 20.9. The van der Waals surface area contributed by atoms with E-state index < -0.39 is 11.4 Å². The first-order chi connectivity index (χ1) is 7.79. The van der Waals surface area contributed by atoms with Gasteiger partial charge in [0, 0.05) is 19.5 Å². The Labute approximate surface area is 122 Å². The Hall–Kier alpha value is -0.827. The number of esters is 1. The van der Waals surface area contributed by atoms with Crippen LogP contribution in [0.5, 0.6) is 0 Å². The molecule has 0 aromatic carbocycles. The van der Waals surface area contributed by atoms with E-state index in [4.69, 9.17) is 9.84 Å². The monoisotopic (exact) mass is 305 g/mol. The molecule has 4 nitrogen and oxygen atoms in total. The number of allylic oxidation sites excluding steroid dienone is 1. The van der Waals surface area contributed by atoms with Gasteiger partial charge in [-0.15, -0.1) is 5.57 Å². The third-order valence-electron chi connectivity index (χ3n) is 2.05. The van der Waals surface area contributed by atoms with Gasteiger partial charge in [-0.1, -0.05) is 12.8 Å². The van der Waals surface area contributed by atoms with E-state index in [0.717, 1.165) is 18.4 Å². The molecule has 0 fully saturated rings. The van der Waals surface area contributed by atoms with Gasteiger partial charge >= 0.3 is 5.97 Å². The van der Waals surface area contributed by atoms with E-state index in [1.807, 2.05) is 19.4 Å². The van der Waals surface area contributed by atoms with Crippen LogP contribution < -0.4 is 0 Å². The van der Waals surface area contributed by atoms with Gasteiger partial charge in [0.15, 0.2) is 0 Å². The number of carbonyl (C=O) groups is 2. The molecule has 1 rings (SSSR count). The molecule has 5 heteroatoms. The fourth-order valence-corrected chi connectivity index (χ4v) is 0.942. The minimum absolute atomic E-state index is 0. The fraction of sp³-hybridized carbons (Fsp3) is 0.615. The molecule has 18 heavy (non-hydrogen) atoms. The molecule has 0 saturated heterocycles. The summed E-state index contributed by atoms with van der Waals surface area (Å²) in [6.07, 6.45) is 5.79. The largest absolute Gasteiger partial charge is 0.520 e. The van der Waals surface area contributed by atoms with E-state index in [-0.39, 0.29) is 25.4 Å². The molecule has 0 aromatic rings. The van der Waals surface area contributed by atoms with E-state index in [1.165, 1.54) is 0 Å². The Kier molecular flexibility index (Phi) is 9.92. The first kappa shape index (κ1) is 19.5. The Morgan fingerprint density at radius 3 is 2.22 bits per heavy atom. The minimum Gasteiger partial charge on any atom is -0.520 e. The molecular formula is C13H21O4Zn-. The normalized spacial score (nSPS) is 13.2. The van der Waals surface area contributed by atoms with Gasteiger partial charge in [0.05, 0.1) is 12.0 Å². The molecule has 0 heterocycles. The standard InChI is InChI=1S/C8H11O2.C5H10O2.Zn/c1-2-10-8(9)7-5-3-4-6-7;1-5(2,3)4(6)7;/h5-6H,2-4H2,1H3;1-3H3,(H,6,7);/q-1;;. The summed E-state index contributed by atoms with van der Waals surface area (Å²) in [5.41, 5.74) is 0.154. The molecule has 0 aliphatic heterocycles. The molecular weight excluding hydrogens is 286 g/mol. The average molecular weight is 307 g/mol. The Morgan fingerprint density at radius 2 is 1.94 bits per heavy atom. The predicted octanol–water partition coefficient (Wildman–Crippen LogP) is 2.59. The van der Waals surface area contributed by atoms with Crippen molar-refractivity contribution >= 4 is 11.9 Å². The molecule has 1 aliphatic rings. The average Bonchev–Trinajstić information content (AvgIpc) is 2.70. The van der Waals surface area contributed by atoms with Gasteiger partial charge in [-0.3, -0.25) is 4.79 Å².